The molecule has 0 unspecified atom stereocenters. The first kappa shape index (κ1) is 15.3. The Hall–Kier alpha value is -3.28. The van der Waals surface area contributed by atoms with Gasteiger partial charge in [0.15, 0.2) is 0 Å². The third kappa shape index (κ3) is 2.52. The molecule has 1 aliphatic rings. The molecule has 1 aliphatic heterocycles. The Morgan fingerprint density at radius 3 is 2.48 bits per heavy atom. The van der Waals surface area contributed by atoms with Crippen LogP contribution >= 0.6 is 0 Å². The van der Waals surface area contributed by atoms with Crippen molar-refractivity contribution in [1.82, 2.24) is 15.5 Å². The second-order valence-electron chi connectivity index (χ2n) is 5.78. The molecule has 126 valence electrons. The lowest BCUT2D eigenvalue weighted by molar-refractivity contribution is 0.0955. The van der Waals surface area contributed by atoms with Crippen LogP contribution in [0.1, 0.15) is 27.7 Å². The quantitative estimate of drug-likeness (QED) is 0.769. The number of nitrogens with one attached hydrogen (secondary N) is 2. The number of amides is 1. The maximum Gasteiger partial charge on any atom is 0.270 e. The minimum absolute atomic E-state index is 0.163. The Labute approximate surface area is 144 Å². The van der Waals surface area contributed by atoms with Crippen LogP contribution in [0.4, 0.5) is 0 Å². The van der Waals surface area contributed by atoms with E-state index < -0.39 is 0 Å². The highest BCUT2D eigenvalue weighted by Gasteiger charge is 2.35. The van der Waals surface area contributed by atoms with Crippen molar-refractivity contribution >= 4 is 5.91 Å². The van der Waals surface area contributed by atoms with Crippen molar-refractivity contribution in [3.8, 4) is 22.8 Å². The van der Waals surface area contributed by atoms with Crippen molar-refractivity contribution in [2.75, 3.05) is 14.2 Å². The second kappa shape index (κ2) is 5.98. The van der Waals surface area contributed by atoms with E-state index in [1.165, 1.54) is 0 Å². The van der Waals surface area contributed by atoms with Gasteiger partial charge < -0.3 is 14.8 Å². The van der Waals surface area contributed by atoms with Gasteiger partial charge in [-0.15, -0.1) is 0 Å². The van der Waals surface area contributed by atoms with Crippen LogP contribution in [0, 0.1) is 0 Å². The zero-order valence-corrected chi connectivity index (χ0v) is 13.9. The topological polar surface area (TPSA) is 76.2 Å². The molecule has 0 saturated heterocycles. The Balaban J connectivity index is 1.84. The number of hydrogen-bond donors (Lipinski definition) is 2. The number of hydrogen-bond acceptors (Lipinski definition) is 4. The fourth-order valence-corrected chi connectivity index (χ4v) is 3.14. The van der Waals surface area contributed by atoms with Crippen molar-refractivity contribution in [2.24, 2.45) is 0 Å². The number of carbonyl (C=O) groups excluding carboxylic acids is 1. The number of rotatable bonds is 4. The molecule has 1 atom stereocenters. The highest BCUT2D eigenvalue weighted by molar-refractivity contribution is 6.00. The van der Waals surface area contributed by atoms with Gasteiger partial charge in [-0.3, -0.25) is 9.89 Å². The van der Waals surface area contributed by atoms with Crippen molar-refractivity contribution in [1.29, 1.82) is 0 Å². The molecule has 0 radical (unpaired) electrons. The van der Waals surface area contributed by atoms with E-state index >= 15 is 0 Å². The predicted octanol–water partition coefficient (Wildman–Crippen LogP) is 2.93. The van der Waals surface area contributed by atoms with Crippen LogP contribution in [0.2, 0.25) is 0 Å². The number of H-pyrrole nitrogens is 1. The molecule has 25 heavy (non-hydrogen) atoms. The number of ether oxygens (including phenoxy) is 2. The molecule has 2 aromatic carbocycles. The van der Waals surface area contributed by atoms with E-state index in [0.29, 0.717) is 5.69 Å². The number of carbonyl (C=O) groups is 1. The van der Waals surface area contributed by atoms with E-state index in [4.69, 9.17) is 9.47 Å². The van der Waals surface area contributed by atoms with Gasteiger partial charge in [0.25, 0.3) is 5.91 Å². The molecular formula is C19H17N3O3. The molecule has 0 spiro atoms. The SMILES string of the molecule is COc1cccc(-c2n[nH]c3c2[C@H](c2cccc(OC)c2)NC3=O)c1. The summed E-state index contributed by atoms with van der Waals surface area (Å²) in [6.45, 7) is 0. The average molecular weight is 335 g/mol. The van der Waals surface area contributed by atoms with E-state index in [2.05, 4.69) is 15.5 Å². The van der Waals surface area contributed by atoms with Crippen LogP contribution in [-0.4, -0.2) is 30.3 Å². The molecule has 6 nitrogen and oxygen atoms in total. The molecular weight excluding hydrogens is 318 g/mol. The first-order chi connectivity index (χ1) is 12.2. The van der Waals surface area contributed by atoms with E-state index in [-0.39, 0.29) is 11.9 Å². The molecule has 4 rings (SSSR count). The fraction of sp³-hybridized carbons (Fsp3) is 0.158. The summed E-state index contributed by atoms with van der Waals surface area (Å²) in [5, 5.41) is 10.3. The Morgan fingerprint density at radius 1 is 1.00 bits per heavy atom. The molecule has 1 aromatic heterocycles. The first-order valence-corrected chi connectivity index (χ1v) is 7.88. The largest absolute Gasteiger partial charge is 0.497 e. The molecule has 1 amide bonds. The van der Waals surface area contributed by atoms with Crippen molar-refractivity contribution in [3.63, 3.8) is 0 Å². The number of benzene rings is 2. The zero-order chi connectivity index (χ0) is 17.4. The highest BCUT2D eigenvalue weighted by atomic mass is 16.5. The van der Waals surface area contributed by atoms with Crippen LogP contribution in [0.25, 0.3) is 11.3 Å². The van der Waals surface area contributed by atoms with Gasteiger partial charge in [-0.1, -0.05) is 24.3 Å². The maximum atomic E-state index is 12.3. The van der Waals surface area contributed by atoms with Gasteiger partial charge in [0.1, 0.15) is 17.2 Å². The van der Waals surface area contributed by atoms with Gasteiger partial charge >= 0.3 is 0 Å². The Kier molecular flexibility index (Phi) is 3.65. The summed E-state index contributed by atoms with van der Waals surface area (Å²) >= 11 is 0. The van der Waals surface area contributed by atoms with E-state index in [1.807, 2.05) is 48.5 Å². The second-order valence-corrected chi connectivity index (χ2v) is 5.78. The summed E-state index contributed by atoms with van der Waals surface area (Å²) in [5.41, 5.74) is 3.90. The molecule has 0 saturated carbocycles. The summed E-state index contributed by atoms with van der Waals surface area (Å²) in [6.07, 6.45) is 0. The van der Waals surface area contributed by atoms with Crippen LogP contribution in [0.3, 0.4) is 0 Å². The van der Waals surface area contributed by atoms with Crippen LogP contribution in [0.5, 0.6) is 11.5 Å². The van der Waals surface area contributed by atoms with Crippen LogP contribution in [-0.2, 0) is 0 Å². The molecule has 6 heteroatoms. The maximum absolute atomic E-state index is 12.3. The van der Waals surface area contributed by atoms with E-state index in [1.54, 1.807) is 14.2 Å². The first-order valence-electron chi connectivity index (χ1n) is 7.88. The number of methoxy groups -OCH3 is 2. The summed E-state index contributed by atoms with van der Waals surface area (Å²) in [5.74, 6) is 1.32. The summed E-state index contributed by atoms with van der Waals surface area (Å²) in [7, 11) is 3.25. The standard InChI is InChI=1S/C19H17N3O3/c1-24-13-7-3-5-11(9-13)16-15-17(21-22-18(15)19(23)20-16)12-6-4-8-14(10-12)25-2/h3-10,16H,1-2H3,(H,20,23)(H,21,22)/t16-/m0/s1. The molecule has 0 fully saturated rings. The Bertz CT molecular complexity index is 949. The minimum atomic E-state index is -0.280. The van der Waals surface area contributed by atoms with Gasteiger partial charge in [-0.25, -0.2) is 0 Å². The highest BCUT2D eigenvalue weighted by Crippen LogP contribution is 2.38. The third-order valence-corrected chi connectivity index (χ3v) is 4.37. The van der Waals surface area contributed by atoms with Crippen LogP contribution < -0.4 is 14.8 Å². The predicted molar refractivity (Wildman–Crippen MR) is 92.9 cm³/mol. The van der Waals surface area contributed by atoms with Gasteiger partial charge in [-0.2, -0.15) is 5.10 Å². The average Bonchev–Trinajstić information content (AvgIpc) is 3.23. The lowest BCUT2D eigenvalue weighted by atomic mass is 9.96. The molecule has 0 aliphatic carbocycles. The minimum Gasteiger partial charge on any atom is -0.497 e. The zero-order valence-electron chi connectivity index (χ0n) is 13.9. The number of fused-ring (bicyclic) bond motifs is 1. The molecule has 0 bridgehead atoms. The van der Waals surface area contributed by atoms with Gasteiger partial charge in [-0.05, 0) is 29.8 Å². The molecule has 2 heterocycles. The smallest absolute Gasteiger partial charge is 0.270 e. The summed E-state index contributed by atoms with van der Waals surface area (Å²) in [6, 6.07) is 15.0. The summed E-state index contributed by atoms with van der Waals surface area (Å²) < 4.78 is 10.6. The number of aromatic amines is 1. The number of aromatic nitrogens is 2. The Morgan fingerprint density at radius 2 is 1.72 bits per heavy atom. The lowest BCUT2D eigenvalue weighted by Crippen LogP contribution is -2.21. The van der Waals surface area contributed by atoms with Crippen molar-refractivity contribution in [3.05, 3.63) is 65.4 Å². The van der Waals surface area contributed by atoms with Gasteiger partial charge in [0.05, 0.1) is 26.0 Å². The normalized spacial score (nSPS) is 15.6. The van der Waals surface area contributed by atoms with Gasteiger partial charge in [0.2, 0.25) is 0 Å². The molecule has 3 aromatic rings. The lowest BCUT2D eigenvalue weighted by Gasteiger charge is -2.14. The molecule has 2 N–H and O–H groups in total. The third-order valence-electron chi connectivity index (χ3n) is 4.37. The van der Waals surface area contributed by atoms with E-state index in [0.717, 1.165) is 33.9 Å². The number of nitrogens with zero attached hydrogens (tertiary/aromatic N) is 1. The van der Waals surface area contributed by atoms with E-state index in [9.17, 15) is 4.79 Å². The van der Waals surface area contributed by atoms with Crippen molar-refractivity contribution < 1.29 is 14.3 Å². The van der Waals surface area contributed by atoms with Gasteiger partial charge in [0, 0.05) is 11.1 Å². The van der Waals surface area contributed by atoms with Crippen LogP contribution in [0.15, 0.2) is 48.5 Å². The van der Waals surface area contributed by atoms with Crippen molar-refractivity contribution in [2.45, 2.75) is 6.04 Å². The summed E-state index contributed by atoms with van der Waals surface area (Å²) in [4.78, 5) is 12.3. The monoisotopic (exact) mass is 335 g/mol. The fourth-order valence-electron chi connectivity index (χ4n) is 3.14.